The van der Waals surface area contributed by atoms with Crippen LogP contribution in [0.4, 0.5) is 0 Å². The number of fused-ring (bicyclic) bond motifs is 1. The molecule has 5 heteroatoms. The standard InChI is InChI=1S/C28H33N3O2/c1-19-9-13-21(14-10-19)26-27(22-15-11-20(2)12-16-22)31-28-23(29-18-17-24(28)30-26)7-5-3-4-6-8-25(32)33/h9-16,23,29H,3-8,17-18H2,1-2H3,(H,32,33). The van der Waals surface area contributed by atoms with Gasteiger partial charge in [-0.2, -0.15) is 0 Å². The molecule has 0 aliphatic carbocycles. The minimum absolute atomic E-state index is 0.192. The zero-order valence-corrected chi connectivity index (χ0v) is 19.6. The smallest absolute Gasteiger partial charge is 0.303 e. The van der Waals surface area contributed by atoms with Crippen LogP contribution in [0.2, 0.25) is 0 Å². The number of nitrogens with zero attached hydrogens (tertiary/aromatic N) is 2. The molecule has 1 aliphatic heterocycles. The van der Waals surface area contributed by atoms with Crippen LogP contribution < -0.4 is 5.32 Å². The van der Waals surface area contributed by atoms with E-state index in [4.69, 9.17) is 15.1 Å². The third-order valence-corrected chi connectivity index (χ3v) is 6.37. The van der Waals surface area contributed by atoms with Gasteiger partial charge < -0.3 is 10.4 Å². The van der Waals surface area contributed by atoms with Crippen LogP contribution in [0.15, 0.2) is 48.5 Å². The Kier molecular flexibility index (Phi) is 7.50. The van der Waals surface area contributed by atoms with Gasteiger partial charge in [0.25, 0.3) is 0 Å². The molecule has 1 atom stereocenters. The number of hydrogen-bond acceptors (Lipinski definition) is 4. The number of nitrogens with one attached hydrogen (secondary N) is 1. The lowest BCUT2D eigenvalue weighted by atomic mass is 9.96. The molecule has 172 valence electrons. The van der Waals surface area contributed by atoms with Crippen LogP contribution in [0, 0.1) is 13.8 Å². The Morgan fingerprint density at radius 1 is 0.879 bits per heavy atom. The summed E-state index contributed by atoms with van der Waals surface area (Å²) in [5.74, 6) is -0.707. The summed E-state index contributed by atoms with van der Waals surface area (Å²) in [6.07, 6.45) is 5.94. The molecular formula is C28H33N3O2. The van der Waals surface area contributed by atoms with Crippen LogP contribution in [0.5, 0.6) is 0 Å². The Balaban J connectivity index is 1.62. The Labute approximate surface area is 196 Å². The first-order chi connectivity index (χ1) is 16.0. The number of aryl methyl sites for hydroxylation is 2. The maximum atomic E-state index is 10.7. The van der Waals surface area contributed by atoms with Gasteiger partial charge in [0.2, 0.25) is 0 Å². The number of unbranched alkanes of at least 4 members (excludes halogenated alkanes) is 3. The lowest BCUT2D eigenvalue weighted by Gasteiger charge is -2.27. The van der Waals surface area contributed by atoms with E-state index >= 15 is 0 Å². The molecule has 1 aromatic heterocycles. The fourth-order valence-electron chi connectivity index (χ4n) is 4.45. The molecule has 4 rings (SSSR count). The van der Waals surface area contributed by atoms with Gasteiger partial charge >= 0.3 is 5.97 Å². The largest absolute Gasteiger partial charge is 0.481 e. The molecule has 5 nitrogen and oxygen atoms in total. The second-order valence-electron chi connectivity index (χ2n) is 9.09. The summed E-state index contributed by atoms with van der Waals surface area (Å²) in [5, 5.41) is 12.5. The van der Waals surface area contributed by atoms with Gasteiger partial charge in [0.1, 0.15) is 0 Å². The average molecular weight is 444 g/mol. The van der Waals surface area contributed by atoms with Gasteiger partial charge in [-0.05, 0) is 26.7 Å². The first-order valence-corrected chi connectivity index (χ1v) is 12.0. The molecule has 0 bridgehead atoms. The zero-order valence-electron chi connectivity index (χ0n) is 19.6. The van der Waals surface area contributed by atoms with E-state index in [9.17, 15) is 4.79 Å². The fraction of sp³-hybridized carbons (Fsp3) is 0.393. The number of aromatic nitrogens is 2. The second-order valence-corrected chi connectivity index (χ2v) is 9.09. The molecule has 0 radical (unpaired) electrons. The molecule has 0 saturated heterocycles. The van der Waals surface area contributed by atoms with E-state index in [1.807, 2.05) is 0 Å². The van der Waals surface area contributed by atoms with Gasteiger partial charge in [-0.1, -0.05) is 78.9 Å². The minimum Gasteiger partial charge on any atom is -0.481 e. The van der Waals surface area contributed by atoms with Crippen molar-refractivity contribution in [3.63, 3.8) is 0 Å². The Morgan fingerprint density at radius 3 is 2.06 bits per heavy atom. The van der Waals surface area contributed by atoms with E-state index in [1.54, 1.807) is 0 Å². The highest BCUT2D eigenvalue weighted by molar-refractivity contribution is 5.78. The summed E-state index contributed by atoms with van der Waals surface area (Å²) in [6, 6.07) is 17.3. The number of hydrogen-bond donors (Lipinski definition) is 2. The van der Waals surface area contributed by atoms with Crippen LogP contribution in [-0.2, 0) is 11.2 Å². The molecule has 0 amide bonds. The van der Waals surface area contributed by atoms with Gasteiger partial charge in [0.15, 0.2) is 0 Å². The molecule has 2 aromatic carbocycles. The average Bonchev–Trinajstić information content (AvgIpc) is 2.81. The summed E-state index contributed by atoms with van der Waals surface area (Å²) in [7, 11) is 0. The number of carbonyl (C=O) groups is 1. The quantitative estimate of drug-likeness (QED) is 0.394. The molecule has 0 fully saturated rings. The maximum Gasteiger partial charge on any atom is 0.303 e. The van der Waals surface area contributed by atoms with Crippen LogP contribution in [-0.4, -0.2) is 27.6 Å². The molecule has 2 N–H and O–H groups in total. The van der Waals surface area contributed by atoms with Crippen molar-refractivity contribution in [2.45, 2.75) is 64.8 Å². The van der Waals surface area contributed by atoms with Crippen molar-refractivity contribution in [3.05, 3.63) is 71.0 Å². The van der Waals surface area contributed by atoms with Crippen molar-refractivity contribution in [2.75, 3.05) is 6.54 Å². The van der Waals surface area contributed by atoms with Gasteiger partial charge in [-0.15, -0.1) is 0 Å². The molecule has 0 saturated carbocycles. The summed E-state index contributed by atoms with van der Waals surface area (Å²) in [5.41, 5.74) is 8.69. The van der Waals surface area contributed by atoms with Crippen LogP contribution in [0.3, 0.4) is 0 Å². The molecule has 1 unspecified atom stereocenters. The van der Waals surface area contributed by atoms with Crippen molar-refractivity contribution in [3.8, 4) is 22.5 Å². The molecule has 0 spiro atoms. The predicted octanol–water partition coefficient (Wildman–Crippen LogP) is 6.04. The van der Waals surface area contributed by atoms with E-state index in [1.165, 1.54) is 11.1 Å². The maximum absolute atomic E-state index is 10.7. The number of benzene rings is 2. The Bertz CT molecular complexity index is 1090. The summed E-state index contributed by atoms with van der Waals surface area (Å²) in [6.45, 7) is 5.10. The van der Waals surface area contributed by atoms with E-state index < -0.39 is 5.97 Å². The van der Waals surface area contributed by atoms with Crippen LogP contribution >= 0.6 is 0 Å². The van der Waals surface area contributed by atoms with Gasteiger partial charge in [0, 0.05) is 30.5 Å². The number of carboxylic acid groups (broad SMARTS) is 1. The minimum atomic E-state index is -0.707. The van der Waals surface area contributed by atoms with Crippen LogP contribution in [0.25, 0.3) is 22.5 Å². The SMILES string of the molecule is Cc1ccc(-c2nc3c(nc2-c2ccc(C)cc2)C(CCCCCCC(=O)O)NCC3)cc1. The molecule has 1 aliphatic rings. The number of carboxylic acids is 1. The van der Waals surface area contributed by atoms with Gasteiger partial charge in [-0.25, -0.2) is 9.97 Å². The summed E-state index contributed by atoms with van der Waals surface area (Å²) >= 11 is 0. The first-order valence-electron chi connectivity index (χ1n) is 12.0. The van der Waals surface area contributed by atoms with Gasteiger partial charge in [0.05, 0.1) is 28.8 Å². The fourth-order valence-corrected chi connectivity index (χ4v) is 4.45. The van der Waals surface area contributed by atoms with E-state index in [0.717, 1.165) is 79.0 Å². The van der Waals surface area contributed by atoms with Crippen molar-refractivity contribution in [1.82, 2.24) is 15.3 Å². The third-order valence-electron chi connectivity index (χ3n) is 6.37. The summed E-state index contributed by atoms with van der Waals surface area (Å²) < 4.78 is 0. The first kappa shape index (κ1) is 23.1. The predicted molar refractivity (Wildman–Crippen MR) is 132 cm³/mol. The monoisotopic (exact) mass is 443 g/mol. The molecule has 2 heterocycles. The van der Waals surface area contributed by atoms with Crippen molar-refractivity contribution >= 4 is 5.97 Å². The molecule has 3 aromatic rings. The van der Waals surface area contributed by atoms with Crippen molar-refractivity contribution < 1.29 is 9.90 Å². The van der Waals surface area contributed by atoms with E-state index in [0.29, 0.717) is 0 Å². The second kappa shape index (κ2) is 10.7. The number of rotatable bonds is 9. The summed E-state index contributed by atoms with van der Waals surface area (Å²) in [4.78, 5) is 21.1. The Morgan fingerprint density at radius 2 is 1.45 bits per heavy atom. The number of aliphatic carboxylic acids is 1. The molecule has 33 heavy (non-hydrogen) atoms. The van der Waals surface area contributed by atoms with E-state index in [2.05, 4.69) is 67.7 Å². The highest BCUT2D eigenvalue weighted by Crippen LogP contribution is 2.34. The van der Waals surface area contributed by atoms with Crippen molar-refractivity contribution in [1.29, 1.82) is 0 Å². The lowest BCUT2D eigenvalue weighted by molar-refractivity contribution is -0.137. The zero-order chi connectivity index (χ0) is 23.2. The topological polar surface area (TPSA) is 75.1 Å². The van der Waals surface area contributed by atoms with E-state index in [-0.39, 0.29) is 12.5 Å². The Hall–Kier alpha value is -3.05. The third kappa shape index (κ3) is 5.85. The van der Waals surface area contributed by atoms with Crippen molar-refractivity contribution in [2.24, 2.45) is 0 Å². The highest BCUT2D eigenvalue weighted by Gasteiger charge is 2.25. The highest BCUT2D eigenvalue weighted by atomic mass is 16.4. The van der Waals surface area contributed by atoms with Gasteiger partial charge in [-0.3, -0.25) is 4.79 Å². The lowest BCUT2D eigenvalue weighted by Crippen LogP contribution is -2.32. The van der Waals surface area contributed by atoms with Crippen LogP contribution in [0.1, 0.15) is 67.1 Å². The molecular weight excluding hydrogens is 410 g/mol. The normalized spacial score (nSPS) is 15.3.